The number of benzene rings is 3. The lowest BCUT2D eigenvalue weighted by Crippen LogP contribution is -2.51. The van der Waals surface area contributed by atoms with Crippen molar-refractivity contribution in [2.75, 3.05) is 27.4 Å². The summed E-state index contributed by atoms with van der Waals surface area (Å²) in [5.74, 6) is -3.50. The van der Waals surface area contributed by atoms with Gasteiger partial charge in [0.15, 0.2) is 11.6 Å². The molecule has 35 heavy (non-hydrogen) atoms. The smallest absolute Gasteiger partial charge is 0.269 e. The molecule has 2 aliphatic heterocycles. The molecule has 2 aliphatic rings. The molecule has 1 atom stereocenters. The van der Waals surface area contributed by atoms with Gasteiger partial charge in [0.1, 0.15) is 6.54 Å². The third kappa shape index (κ3) is 3.67. The Balaban J connectivity index is 1.52. The molecule has 0 saturated carbocycles. The fourth-order valence-corrected chi connectivity index (χ4v) is 5.98. The maximum absolute atomic E-state index is 14.1. The van der Waals surface area contributed by atoms with Gasteiger partial charge in [0, 0.05) is 23.0 Å². The van der Waals surface area contributed by atoms with E-state index >= 15 is 0 Å². The molecule has 0 aromatic heterocycles. The number of hydrogen-bond acceptors (Lipinski definition) is 4. The zero-order chi connectivity index (χ0) is 24.9. The van der Waals surface area contributed by atoms with Gasteiger partial charge in [-0.3, -0.25) is 24.2 Å². The first-order chi connectivity index (χ1) is 16.7. The van der Waals surface area contributed by atoms with Gasteiger partial charge in [0.25, 0.3) is 5.91 Å². The molecule has 1 N–H and O–H groups in total. The minimum atomic E-state index is -1.52. The second kappa shape index (κ2) is 8.49. The van der Waals surface area contributed by atoms with E-state index in [-0.39, 0.29) is 18.0 Å². The Bertz CT molecular complexity index is 1400. The molecule has 0 aliphatic carbocycles. The highest BCUT2D eigenvalue weighted by atomic mass is 32.2. The summed E-state index contributed by atoms with van der Waals surface area (Å²) >= 11 is 1.10. The summed E-state index contributed by atoms with van der Waals surface area (Å²) in [5, 5.41) is 2.85. The third-order valence-corrected chi connectivity index (χ3v) is 7.57. The van der Waals surface area contributed by atoms with Crippen molar-refractivity contribution in [2.24, 2.45) is 0 Å². The number of hydrogen-bond donors (Lipinski definition) is 1. The molecule has 178 valence electrons. The van der Waals surface area contributed by atoms with E-state index in [4.69, 9.17) is 0 Å². The highest BCUT2D eigenvalue weighted by Gasteiger charge is 2.61. The van der Waals surface area contributed by atoms with Crippen LogP contribution < -0.4 is 15.1 Å². The molecule has 1 fully saturated rings. The number of halogens is 2. The van der Waals surface area contributed by atoms with Crippen LogP contribution in [0.4, 0.5) is 25.8 Å². The van der Waals surface area contributed by atoms with Gasteiger partial charge >= 0.3 is 0 Å². The Kier molecular flexibility index (Phi) is 5.59. The summed E-state index contributed by atoms with van der Waals surface area (Å²) in [4.78, 5) is 40.9. The summed E-state index contributed by atoms with van der Waals surface area (Å²) in [6, 6.07) is 15.6. The second-order valence-electron chi connectivity index (χ2n) is 8.54. The van der Waals surface area contributed by atoms with Gasteiger partial charge in [-0.1, -0.05) is 35.9 Å². The van der Waals surface area contributed by atoms with Crippen LogP contribution in [0.15, 0.2) is 60.7 Å². The normalized spacial score (nSPS) is 19.0. The Morgan fingerprint density at radius 3 is 2.54 bits per heavy atom. The zero-order valence-electron chi connectivity index (χ0n) is 19.0. The van der Waals surface area contributed by atoms with Gasteiger partial charge in [-0.2, -0.15) is 0 Å². The summed E-state index contributed by atoms with van der Waals surface area (Å²) in [5.41, 5.74) is 3.68. The Hall–Kier alpha value is -3.72. The fourth-order valence-electron chi connectivity index (χ4n) is 4.62. The number of amides is 3. The van der Waals surface area contributed by atoms with Crippen molar-refractivity contribution in [3.05, 3.63) is 89.0 Å². The highest BCUT2D eigenvalue weighted by Crippen LogP contribution is 2.55. The van der Waals surface area contributed by atoms with Crippen LogP contribution in [0, 0.1) is 25.5 Å². The molecule has 1 saturated heterocycles. The molecular weight excluding hydrogens is 472 g/mol. The number of thioether (sulfide) groups is 1. The van der Waals surface area contributed by atoms with Crippen LogP contribution in [0.5, 0.6) is 0 Å². The van der Waals surface area contributed by atoms with Crippen molar-refractivity contribution in [1.29, 1.82) is 0 Å². The van der Waals surface area contributed by atoms with Crippen LogP contribution in [0.2, 0.25) is 0 Å². The molecule has 6 nitrogen and oxygen atoms in total. The van der Waals surface area contributed by atoms with Gasteiger partial charge in [-0.15, -0.1) is 11.8 Å². The maximum atomic E-state index is 14.1. The average Bonchev–Trinajstić information content (AvgIpc) is 3.29. The SMILES string of the molecule is Cc1ccc(NC(=O)CN2C(=O)[C@]3(SCC(=O)N3c3ccc(F)c(F)c3)c3ccccc32)c(C)c1. The maximum Gasteiger partial charge on any atom is 0.269 e. The number of carbonyl (C=O) groups is 3. The topological polar surface area (TPSA) is 69.7 Å². The monoisotopic (exact) mass is 493 g/mol. The largest absolute Gasteiger partial charge is 0.324 e. The van der Waals surface area contributed by atoms with Crippen molar-refractivity contribution in [3.63, 3.8) is 0 Å². The average molecular weight is 494 g/mol. The Morgan fingerprint density at radius 1 is 1.03 bits per heavy atom. The van der Waals surface area contributed by atoms with E-state index in [0.717, 1.165) is 35.0 Å². The molecule has 1 spiro atoms. The molecule has 3 amide bonds. The van der Waals surface area contributed by atoms with Crippen molar-refractivity contribution in [3.8, 4) is 0 Å². The van der Waals surface area contributed by atoms with Gasteiger partial charge < -0.3 is 5.32 Å². The number of para-hydroxylation sites is 1. The summed E-state index contributed by atoms with van der Waals surface area (Å²) in [7, 11) is 0. The molecule has 2 heterocycles. The van der Waals surface area contributed by atoms with Crippen LogP contribution in [0.3, 0.4) is 0 Å². The van der Waals surface area contributed by atoms with Crippen LogP contribution in [0.1, 0.15) is 16.7 Å². The first-order valence-electron chi connectivity index (χ1n) is 10.9. The van der Waals surface area contributed by atoms with E-state index in [2.05, 4.69) is 5.32 Å². The first kappa shape index (κ1) is 23.0. The van der Waals surface area contributed by atoms with Crippen molar-refractivity contribution >= 4 is 46.5 Å². The molecule has 0 bridgehead atoms. The van der Waals surface area contributed by atoms with Crippen molar-refractivity contribution in [2.45, 2.75) is 18.7 Å². The highest BCUT2D eigenvalue weighted by molar-refractivity contribution is 8.02. The molecule has 5 rings (SSSR count). The van der Waals surface area contributed by atoms with Gasteiger partial charge in [0.2, 0.25) is 16.7 Å². The quantitative estimate of drug-likeness (QED) is 0.581. The number of nitrogens with zero attached hydrogens (tertiary/aromatic N) is 2. The number of aryl methyl sites for hydroxylation is 2. The minimum absolute atomic E-state index is 0.0261. The van der Waals surface area contributed by atoms with E-state index in [9.17, 15) is 23.2 Å². The van der Waals surface area contributed by atoms with E-state index in [1.165, 1.54) is 15.9 Å². The van der Waals surface area contributed by atoms with Crippen LogP contribution in [0.25, 0.3) is 0 Å². The van der Waals surface area contributed by atoms with E-state index < -0.39 is 34.2 Å². The fraction of sp³-hybridized carbons (Fsp3) is 0.192. The predicted octanol–water partition coefficient (Wildman–Crippen LogP) is 4.50. The van der Waals surface area contributed by atoms with Crippen LogP contribution >= 0.6 is 11.8 Å². The standard InChI is InChI=1S/C26H21F2N3O3S/c1-15-7-10-21(16(2)11-15)29-23(32)13-30-22-6-4-3-5-18(22)26(25(30)34)31(24(33)14-35-26)17-8-9-19(27)20(28)12-17/h3-12H,13-14H2,1-2H3,(H,29,32)/t26-/m1/s1. The molecule has 3 aromatic carbocycles. The van der Waals surface area contributed by atoms with E-state index in [1.54, 1.807) is 30.3 Å². The van der Waals surface area contributed by atoms with Crippen LogP contribution in [-0.4, -0.2) is 30.0 Å². The van der Waals surface area contributed by atoms with Gasteiger partial charge in [-0.25, -0.2) is 8.78 Å². The van der Waals surface area contributed by atoms with Crippen LogP contribution in [-0.2, 0) is 19.3 Å². The van der Waals surface area contributed by atoms with E-state index in [1.807, 2.05) is 26.0 Å². The van der Waals surface area contributed by atoms with Crippen molar-refractivity contribution < 1.29 is 23.2 Å². The number of anilines is 3. The Labute approximate surface area is 204 Å². The lowest BCUT2D eigenvalue weighted by Gasteiger charge is -2.33. The van der Waals surface area contributed by atoms with Gasteiger partial charge in [0.05, 0.1) is 11.4 Å². The van der Waals surface area contributed by atoms with E-state index in [0.29, 0.717) is 16.9 Å². The molecule has 9 heteroatoms. The lowest BCUT2D eigenvalue weighted by atomic mass is 10.0. The molecule has 0 unspecified atom stereocenters. The van der Waals surface area contributed by atoms with Gasteiger partial charge in [-0.05, 0) is 43.7 Å². The summed E-state index contributed by atoms with van der Waals surface area (Å²) < 4.78 is 27.7. The molecule has 0 radical (unpaired) electrons. The Morgan fingerprint density at radius 2 is 1.80 bits per heavy atom. The minimum Gasteiger partial charge on any atom is -0.324 e. The summed E-state index contributed by atoms with van der Waals surface area (Å²) in [6.45, 7) is 3.57. The number of fused-ring (bicyclic) bond motifs is 2. The zero-order valence-corrected chi connectivity index (χ0v) is 19.8. The predicted molar refractivity (Wildman–Crippen MR) is 131 cm³/mol. The number of rotatable bonds is 4. The first-order valence-corrected chi connectivity index (χ1v) is 11.9. The summed E-state index contributed by atoms with van der Waals surface area (Å²) in [6.07, 6.45) is 0. The number of nitrogens with one attached hydrogen (secondary N) is 1. The second-order valence-corrected chi connectivity index (χ2v) is 9.70. The van der Waals surface area contributed by atoms with Crippen molar-refractivity contribution in [1.82, 2.24) is 0 Å². The number of carbonyl (C=O) groups excluding carboxylic acids is 3. The molecular formula is C26H21F2N3O3S. The third-order valence-electron chi connectivity index (χ3n) is 6.18. The lowest BCUT2D eigenvalue weighted by molar-refractivity contribution is -0.124. The molecule has 3 aromatic rings.